The monoisotopic (exact) mass is 652 g/mol. The van der Waals surface area contributed by atoms with E-state index in [4.69, 9.17) is 23.7 Å². The SMILES string of the molecule is O=C(CO[C@H]1[C@@H](OCc2ccccc2)[C@@H]2OC(c3ccccc3)OC[C@H]2O[C@@H]1S(=O)c1ccccc1)c1ccc(C(F)(F)F)cc1. The van der Waals surface area contributed by atoms with E-state index in [9.17, 15) is 22.2 Å². The van der Waals surface area contributed by atoms with Gasteiger partial charge in [-0.05, 0) is 29.8 Å². The number of ether oxygens (including phenoxy) is 5. The van der Waals surface area contributed by atoms with Gasteiger partial charge < -0.3 is 23.7 Å². The molecule has 2 saturated heterocycles. The van der Waals surface area contributed by atoms with E-state index in [1.54, 1.807) is 30.3 Å². The normalized spacial score (nSPS) is 25.4. The summed E-state index contributed by atoms with van der Waals surface area (Å²) in [5.41, 5.74) is -0.263. The van der Waals surface area contributed by atoms with Crippen LogP contribution >= 0.6 is 0 Å². The van der Waals surface area contributed by atoms with Crippen molar-refractivity contribution in [2.24, 2.45) is 0 Å². The molecule has 46 heavy (non-hydrogen) atoms. The number of carbonyl (C=O) groups is 1. The molecule has 2 heterocycles. The fourth-order valence-corrected chi connectivity index (χ4v) is 6.83. The highest BCUT2D eigenvalue weighted by Crippen LogP contribution is 2.38. The average molecular weight is 653 g/mol. The maximum absolute atomic E-state index is 14.0. The quantitative estimate of drug-likeness (QED) is 0.181. The Morgan fingerprint density at radius 3 is 2.07 bits per heavy atom. The first kappa shape index (κ1) is 32.2. The van der Waals surface area contributed by atoms with Crippen molar-refractivity contribution < 1.29 is 45.9 Å². The Kier molecular flexibility index (Phi) is 10.1. The van der Waals surface area contributed by atoms with Gasteiger partial charge in [0.05, 0.1) is 29.6 Å². The van der Waals surface area contributed by atoms with Gasteiger partial charge in [0.15, 0.2) is 17.5 Å². The number of Topliss-reactive ketones (excluding diaryl/α,β-unsaturated/α-hetero) is 1. The molecular weight excluding hydrogens is 621 g/mol. The zero-order chi connectivity index (χ0) is 32.1. The lowest BCUT2D eigenvalue weighted by molar-refractivity contribution is -0.328. The number of hydrogen-bond acceptors (Lipinski definition) is 7. The molecule has 2 aliphatic rings. The Morgan fingerprint density at radius 1 is 0.783 bits per heavy atom. The summed E-state index contributed by atoms with van der Waals surface area (Å²) in [5.74, 6) is -0.558. The van der Waals surface area contributed by atoms with E-state index >= 15 is 0 Å². The zero-order valence-corrected chi connectivity index (χ0v) is 25.3. The first-order valence-corrected chi connectivity index (χ1v) is 15.9. The Labute approximate surface area is 266 Å². The van der Waals surface area contributed by atoms with Crippen LogP contribution in [0.5, 0.6) is 0 Å². The summed E-state index contributed by atoms with van der Waals surface area (Å²) in [4.78, 5) is 13.7. The van der Waals surface area contributed by atoms with Crippen molar-refractivity contribution in [2.45, 2.75) is 53.8 Å². The summed E-state index contributed by atoms with van der Waals surface area (Å²) in [6, 6.07) is 31.4. The molecule has 2 fully saturated rings. The smallest absolute Gasteiger partial charge is 0.368 e. The van der Waals surface area contributed by atoms with Gasteiger partial charge in [-0.2, -0.15) is 13.2 Å². The Balaban J connectivity index is 1.31. The van der Waals surface area contributed by atoms with Crippen LogP contribution in [0.3, 0.4) is 0 Å². The number of benzene rings is 4. The number of ketones is 1. The lowest BCUT2D eigenvalue weighted by atomic mass is 9.98. The molecule has 6 rings (SSSR count). The van der Waals surface area contributed by atoms with E-state index < -0.39 is 71.1 Å². The molecule has 4 aromatic rings. The minimum absolute atomic E-state index is 0.0385. The minimum atomic E-state index is -4.53. The van der Waals surface area contributed by atoms with Gasteiger partial charge in [0, 0.05) is 16.0 Å². The van der Waals surface area contributed by atoms with Crippen molar-refractivity contribution in [1.29, 1.82) is 0 Å². The predicted molar refractivity (Wildman–Crippen MR) is 162 cm³/mol. The highest BCUT2D eigenvalue weighted by Gasteiger charge is 2.53. The van der Waals surface area contributed by atoms with E-state index in [1.807, 2.05) is 60.7 Å². The second-order valence-electron chi connectivity index (χ2n) is 10.9. The van der Waals surface area contributed by atoms with E-state index in [-0.39, 0.29) is 18.8 Å². The van der Waals surface area contributed by atoms with Gasteiger partial charge in [-0.3, -0.25) is 9.00 Å². The molecule has 7 nitrogen and oxygen atoms in total. The molecule has 7 atom stereocenters. The van der Waals surface area contributed by atoms with Gasteiger partial charge in [0.2, 0.25) is 0 Å². The van der Waals surface area contributed by atoms with Crippen LogP contribution in [0.1, 0.15) is 33.3 Å². The van der Waals surface area contributed by atoms with Crippen molar-refractivity contribution in [3.63, 3.8) is 0 Å². The van der Waals surface area contributed by atoms with Gasteiger partial charge >= 0.3 is 6.18 Å². The average Bonchev–Trinajstić information content (AvgIpc) is 3.09. The van der Waals surface area contributed by atoms with Gasteiger partial charge in [0.1, 0.15) is 31.0 Å². The highest BCUT2D eigenvalue weighted by molar-refractivity contribution is 7.85. The van der Waals surface area contributed by atoms with Crippen molar-refractivity contribution in [2.75, 3.05) is 13.2 Å². The Hall–Kier alpha value is -3.71. The van der Waals surface area contributed by atoms with Crippen LogP contribution in [0.15, 0.2) is 120 Å². The maximum Gasteiger partial charge on any atom is 0.416 e. The molecule has 0 radical (unpaired) electrons. The third kappa shape index (κ3) is 7.46. The lowest BCUT2D eigenvalue weighted by Crippen LogP contribution is -2.64. The number of halogens is 3. The fraction of sp³-hybridized carbons (Fsp3) is 0.286. The molecule has 0 aliphatic carbocycles. The summed E-state index contributed by atoms with van der Waals surface area (Å²) in [6.07, 6.45) is -8.62. The van der Waals surface area contributed by atoms with Crippen LogP contribution < -0.4 is 0 Å². The van der Waals surface area contributed by atoms with Crippen LogP contribution in [-0.2, 0) is 47.3 Å². The largest absolute Gasteiger partial charge is 0.416 e. The molecule has 0 aromatic heterocycles. The van der Waals surface area contributed by atoms with Gasteiger partial charge in [0.25, 0.3) is 0 Å². The standard InChI is InChI=1S/C35H31F3O7S/c36-35(37,38)26-18-16-24(17-19-26)28(39)21-42-32-31(41-20-23-10-4-1-5-11-23)30-29(22-43-33(45-30)25-12-6-2-7-13-25)44-34(32)46(40)27-14-8-3-9-15-27/h1-19,29-34H,20-22H2/t29-,30-,31+,32+,33?,34-,46?/m1/s1. The molecule has 2 unspecified atom stereocenters. The molecule has 0 N–H and O–H groups in total. The second kappa shape index (κ2) is 14.4. The molecule has 0 saturated carbocycles. The number of fused-ring (bicyclic) bond motifs is 1. The maximum atomic E-state index is 14.0. The zero-order valence-electron chi connectivity index (χ0n) is 24.5. The summed E-state index contributed by atoms with van der Waals surface area (Å²) in [5, 5.41) is 0. The second-order valence-corrected chi connectivity index (χ2v) is 12.4. The molecular formula is C35H31F3O7S. The predicted octanol–water partition coefficient (Wildman–Crippen LogP) is 6.51. The minimum Gasteiger partial charge on any atom is -0.368 e. The molecule has 0 amide bonds. The number of hydrogen-bond donors (Lipinski definition) is 0. The summed E-state index contributed by atoms with van der Waals surface area (Å²) in [7, 11) is -1.78. The summed E-state index contributed by atoms with van der Waals surface area (Å²) in [6.45, 7) is -0.245. The van der Waals surface area contributed by atoms with E-state index in [0.29, 0.717) is 4.90 Å². The highest BCUT2D eigenvalue weighted by atomic mass is 32.2. The van der Waals surface area contributed by atoms with Crippen molar-refractivity contribution in [3.8, 4) is 0 Å². The first-order chi connectivity index (χ1) is 22.3. The number of carbonyl (C=O) groups excluding carboxylic acids is 1. The molecule has 240 valence electrons. The van der Waals surface area contributed by atoms with Crippen molar-refractivity contribution in [3.05, 3.63) is 138 Å². The summed E-state index contributed by atoms with van der Waals surface area (Å²) >= 11 is 0. The van der Waals surface area contributed by atoms with Gasteiger partial charge in [-0.25, -0.2) is 0 Å². The fourth-order valence-electron chi connectivity index (χ4n) is 5.42. The van der Waals surface area contributed by atoms with Crippen LogP contribution in [0.2, 0.25) is 0 Å². The van der Waals surface area contributed by atoms with Crippen LogP contribution in [0.25, 0.3) is 0 Å². The first-order valence-electron chi connectivity index (χ1n) is 14.7. The number of alkyl halides is 3. The van der Waals surface area contributed by atoms with E-state index in [2.05, 4.69) is 0 Å². The van der Waals surface area contributed by atoms with E-state index in [0.717, 1.165) is 35.4 Å². The molecule has 0 spiro atoms. The lowest BCUT2D eigenvalue weighted by Gasteiger charge is -2.48. The van der Waals surface area contributed by atoms with Crippen LogP contribution in [0, 0.1) is 0 Å². The third-order valence-corrected chi connectivity index (χ3v) is 9.31. The van der Waals surface area contributed by atoms with Crippen LogP contribution in [0.4, 0.5) is 13.2 Å². The van der Waals surface area contributed by atoms with Crippen molar-refractivity contribution >= 4 is 16.6 Å². The molecule has 4 aromatic carbocycles. The topological polar surface area (TPSA) is 80.3 Å². The Bertz CT molecular complexity index is 1600. The van der Waals surface area contributed by atoms with Crippen molar-refractivity contribution in [1.82, 2.24) is 0 Å². The summed E-state index contributed by atoms with van der Waals surface area (Å²) < 4.78 is 84.8. The third-order valence-electron chi connectivity index (χ3n) is 7.77. The van der Waals surface area contributed by atoms with Gasteiger partial charge in [-0.1, -0.05) is 91.0 Å². The van der Waals surface area contributed by atoms with Gasteiger partial charge in [-0.15, -0.1) is 0 Å². The Morgan fingerprint density at radius 2 is 1.41 bits per heavy atom. The molecule has 0 bridgehead atoms. The van der Waals surface area contributed by atoms with E-state index in [1.165, 1.54) is 0 Å². The molecule has 11 heteroatoms. The molecule has 2 aliphatic heterocycles. The number of rotatable bonds is 10. The van der Waals surface area contributed by atoms with Crippen LogP contribution in [-0.4, -0.2) is 53.1 Å².